The fraction of sp³-hybridized carbons (Fsp3) is 0.143. The molecule has 3 N–H and O–H groups in total. The smallest absolute Gasteiger partial charge is 0.293 e. The maximum Gasteiger partial charge on any atom is 0.293 e. The van der Waals surface area contributed by atoms with Gasteiger partial charge in [0.05, 0.1) is 20.4 Å². The molecule has 0 unspecified atom stereocenters. The number of nitrogens with one attached hydrogen (secondary N) is 1. The summed E-state index contributed by atoms with van der Waals surface area (Å²) in [4.78, 5) is 12.8. The Morgan fingerprint density at radius 3 is 2.65 bits per heavy atom. The predicted molar refractivity (Wildman–Crippen MR) is 119 cm³/mol. The number of carbonyl (C=O) groups excluding carboxylic acids is 1. The molecule has 0 aliphatic rings. The fourth-order valence-electron chi connectivity index (χ4n) is 2.94. The molecular formula is C21H20N8O5. The van der Waals surface area contributed by atoms with E-state index in [1.165, 1.54) is 18.0 Å². The highest BCUT2D eigenvalue weighted by Crippen LogP contribution is 2.26. The van der Waals surface area contributed by atoms with Gasteiger partial charge in [0, 0.05) is 0 Å². The molecule has 4 aromatic rings. The molecule has 0 fully saturated rings. The topological polar surface area (TPSA) is 165 Å². The fourth-order valence-corrected chi connectivity index (χ4v) is 2.94. The molecule has 4 rings (SSSR count). The van der Waals surface area contributed by atoms with Crippen molar-refractivity contribution < 1.29 is 23.6 Å². The van der Waals surface area contributed by atoms with Gasteiger partial charge in [0.25, 0.3) is 5.91 Å². The molecule has 0 aliphatic carbocycles. The van der Waals surface area contributed by atoms with Crippen LogP contribution in [0.2, 0.25) is 0 Å². The number of para-hydroxylation sites is 1. The lowest BCUT2D eigenvalue weighted by Gasteiger charge is -2.08. The molecule has 13 nitrogen and oxygen atoms in total. The minimum absolute atomic E-state index is 0.0238. The predicted octanol–water partition coefficient (Wildman–Crippen LogP) is 1.59. The van der Waals surface area contributed by atoms with Gasteiger partial charge in [-0.1, -0.05) is 23.4 Å². The van der Waals surface area contributed by atoms with Crippen molar-refractivity contribution in [2.24, 2.45) is 5.10 Å². The largest absolute Gasteiger partial charge is 0.493 e. The van der Waals surface area contributed by atoms with E-state index in [2.05, 4.69) is 35.8 Å². The van der Waals surface area contributed by atoms with Gasteiger partial charge in [-0.05, 0) is 46.2 Å². The molecule has 0 bridgehead atoms. The Morgan fingerprint density at radius 2 is 1.94 bits per heavy atom. The number of benzene rings is 2. The number of nitrogens with zero attached hydrogens (tertiary/aromatic N) is 6. The molecular weight excluding hydrogens is 444 g/mol. The first-order chi connectivity index (χ1) is 16.6. The van der Waals surface area contributed by atoms with Crippen molar-refractivity contribution in [2.45, 2.75) is 6.61 Å². The lowest BCUT2D eigenvalue weighted by Crippen LogP contribution is -2.21. The third-order valence-corrected chi connectivity index (χ3v) is 4.58. The van der Waals surface area contributed by atoms with Crippen molar-refractivity contribution in [1.29, 1.82) is 0 Å². The number of amides is 1. The Bertz CT molecular complexity index is 1300. The summed E-state index contributed by atoms with van der Waals surface area (Å²) in [5, 5.41) is 19.1. The van der Waals surface area contributed by atoms with Crippen molar-refractivity contribution >= 4 is 17.9 Å². The van der Waals surface area contributed by atoms with Crippen LogP contribution in [0.5, 0.6) is 17.2 Å². The highest BCUT2D eigenvalue weighted by Gasteiger charge is 2.24. The van der Waals surface area contributed by atoms with E-state index >= 15 is 0 Å². The van der Waals surface area contributed by atoms with E-state index in [0.29, 0.717) is 22.8 Å². The molecule has 0 radical (unpaired) electrons. The van der Waals surface area contributed by atoms with Crippen LogP contribution < -0.4 is 25.4 Å². The van der Waals surface area contributed by atoms with Crippen LogP contribution in [-0.2, 0) is 6.61 Å². The van der Waals surface area contributed by atoms with E-state index in [1.807, 2.05) is 18.2 Å². The highest BCUT2D eigenvalue weighted by molar-refractivity contribution is 5.94. The molecule has 0 aliphatic heterocycles. The summed E-state index contributed by atoms with van der Waals surface area (Å²) in [5.41, 5.74) is 9.11. The van der Waals surface area contributed by atoms with Gasteiger partial charge in [0.1, 0.15) is 18.1 Å². The number of carbonyl (C=O) groups is 1. The van der Waals surface area contributed by atoms with Gasteiger partial charge < -0.3 is 19.9 Å². The Balaban J connectivity index is 1.55. The number of anilines is 1. The number of hydrogen-bond donors (Lipinski definition) is 2. The summed E-state index contributed by atoms with van der Waals surface area (Å²) in [6.45, 7) is -0.0640. The standard InChI is InChI=1S/C21H20N8O5/c1-31-16-9-8-13(10-17(16)32-2)11-23-25-21(30)18-15(12-33-14-6-4-3-5-7-14)29(28-24-18)20-19(22)26-34-27-20/h3-11H,12H2,1-2H3,(H2,22,26)(H,25,30)/b23-11+. The minimum atomic E-state index is -0.621. The molecule has 0 atom stereocenters. The van der Waals surface area contributed by atoms with Crippen LogP contribution in [0, 0.1) is 0 Å². The SMILES string of the molecule is COc1ccc(/C=N/NC(=O)c2nnn(-c3nonc3N)c2COc2ccccc2)cc1OC. The lowest BCUT2D eigenvalue weighted by molar-refractivity contribution is 0.0947. The van der Waals surface area contributed by atoms with E-state index in [4.69, 9.17) is 19.9 Å². The van der Waals surface area contributed by atoms with Crippen molar-refractivity contribution in [3.05, 3.63) is 65.5 Å². The van der Waals surface area contributed by atoms with Gasteiger partial charge >= 0.3 is 0 Å². The number of rotatable bonds is 9. The van der Waals surface area contributed by atoms with E-state index in [9.17, 15) is 4.79 Å². The van der Waals surface area contributed by atoms with Gasteiger partial charge in [-0.25, -0.2) is 10.1 Å². The molecule has 1 amide bonds. The van der Waals surface area contributed by atoms with Crippen LogP contribution in [0.4, 0.5) is 5.82 Å². The monoisotopic (exact) mass is 464 g/mol. The number of methoxy groups -OCH3 is 2. The molecule has 2 heterocycles. The molecule has 13 heteroatoms. The lowest BCUT2D eigenvalue weighted by atomic mass is 10.2. The first-order valence-corrected chi connectivity index (χ1v) is 9.87. The summed E-state index contributed by atoms with van der Waals surface area (Å²) < 4.78 is 22.1. The number of hydrazone groups is 1. The maximum absolute atomic E-state index is 12.8. The Hall–Kier alpha value is -4.94. The zero-order valence-electron chi connectivity index (χ0n) is 18.2. The zero-order chi connectivity index (χ0) is 23.9. The number of nitrogen functional groups attached to an aromatic ring is 1. The van der Waals surface area contributed by atoms with E-state index in [1.54, 1.807) is 37.4 Å². The second-order valence-corrected chi connectivity index (χ2v) is 6.68. The van der Waals surface area contributed by atoms with Gasteiger partial charge in [-0.15, -0.1) is 5.10 Å². The first-order valence-electron chi connectivity index (χ1n) is 9.87. The molecule has 2 aromatic carbocycles. The molecule has 2 aromatic heterocycles. The van der Waals surface area contributed by atoms with E-state index in [-0.39, 0.29) is 29.6 Å². The molecule has 174 valence electrons. The van der Waals surface area contributed by atoms with Gasteiger partial charge in [0.15, 0.2) is 17.2 Å². The van der Waals surface area contributed by atoms with Crippen molar-refractivity contribution in [3.63, 3.8) is 0 Å². The van der Waals surface area contributed by atoms with Crippen LogP contribution in [0.1, 0.15) is 21.7 Å². The van der Waals surface area contributed by atoms with Crippen LogP contribution in [0.15, 0.2) is 58.3 Å². The quantitative estimate of drug-likeness (QED) is 0.274. The molecule has 0 saturated heterocycles. The minimum Gasteiger partial charge on any atom is -0.493 e. The van der Waals surface area contributed by atoms with Crippen molar-refractivity contribution in [1.82, 2.24) is 30.7 Å². The summed E-state index contributed by atoms with van der Waals surface area (Å²) in [7, 11) is 3.07. The number of hydrogen-bond acceptors (Lipinski definition) is 11. The van der Waals surface area contributed by atoms with Gasteiger partial charge in [0.2, 0.25) is 11.6 Å². The van der Waals surface area contributed by atoms with Gasteiger partial charge in [-0.2, -0.15) is 9.78 Å². The van der Waals surface area contributed by atoms with Crippen molar-refractivity contribution in [2.75, 3.05) is 20.0 Å². The van der Waals surface area contributed by atoms with E-state index < -0.39 is 5.91 Å². The van der Waals surface area contributed by atoms with Crippen LogP contribution in [0.25, 0.3) is 5.82 Å². The maximum atomic E-state index is 12.8. The third-order valence-electron chi connectivity index (χ3n) is 4.58. The molecule has 34 heavy (non-hydrogen) atoms. The summed E-state index contributed by atoms with van der Waals surface area (Å²) >= 11 is 0. The summed E-state index contributed by atoms with van der Waals surface area (Å²) in [6, 6.07) is 14.2. The average molecular weight is 464 g/mol. The van der Waals surface area contributed by atoms with Crippen LogP contribution in [-0.4, -0.2) is 51.6 Å². The van der Waals surface area contributed by atoms with E-state index in [0.717, 1.165) is 0 Å². The summed E-state index contributed by atoms with van der Waals surface area (Å²) in [5.74, 6) is 1.12. The Morgan fingerprint density at radius 1 is 1.15 bits per heavy atom. The number of nitrogens with two attached hydrogens (primary N) is 1. The number of aromatic nitrogens is 5. The highest BCUT2D eigenvalue weighted by atomic mass is 16.6. The normalized spacial score (nSPS) is 10.9. The Labute approximate surface area is 193 Å². The molecule has 0 saturated carbocycles. The van der Waals surface area contributed by atoms with Crippen molar-refractivity contribution in [3.8, 4) is 23.1 Å². The van der Waals surface area contributed by atoms with Crippen LogP contribution >= 0.6 is 0 Å². The third kappa shape index (κ3) is 4.77. The number of ether oxygens (including phenoxy) is 3. The second kappa shape index (κ2) is 10.1. The molecule has 0 spiro atoms. The van der Waals surface area contributed by atoms with Crippen LogP contribution in [0.3, 0.4) is 0 Å². The Kier molecular flexibility index (Phi) is 6.63. The average Bonchev–Trinajstić information content (AvgIpc) is 3.48. The summed E-state index contributed by atoms with van der Waals surface area (Å²) in [6.07, 6.45) is 1.45. The zero-order valence-corrected chi connectivity index (χ0v) is 18.2. The van der Waals surface area contributed by atoms with Gasteiger partial charge in [-0.3, -0.25) is 4.79 Å². The second-order valence-electron chi connectivity index (χ2n) is 6.68. The first kappa shape index (κ1) is 22.3.